The van der Waals surface area contributed by atoms with E-state index in [9.17, 15) is 14.4 Å². The van der Waals surface area contributed by atoms with Crippen LogP contribution in [0, 0.1) is 17.8 Å². The smallest absolute Gasteiger partial charge is 0.250 e. The van der Waals surface area contributed by atoms with E-state index in [2.05, 4.69) is 24.5 Å². The summed E-state index contributed by atoms with van der Waals surface area (Å²) >= 11 is 6.35. The van der Waals surface area contributed by atoms with Gasteiger partial charge in [0.2, 0.25) is 17.7 Å². The lowest BCUT2D eigenvalue weighted by atomic mass is 9.76. The Hall–Kier alpha value is -1.96. The number of rotatable bonds is 4. The first-order chi connectivity index (χ1) is 14.3. The second-order valence-electron chi connectivity index (χ2n) is 9.23. The number of imide groups is 1. The quantitative estimate of drug-likeness (QED) is 0.714. The Morgan fingerprint density at radius 1 is 1.27 bits per heavy atom. The minimum absolute atomic E-state index is 0.122. The van der Waals surface area contributed by atoms with Crippen LogP contribution < -0.4 is 10.6 Å². The lowest BCUT2D eigenvalue weighted by molar-refractivity contribution is -0.144. The topological polar surface area (TPSA) is 87.7 Å². The molecule has 160 valence electrons. The molecule has 5 rings (SSSR count). The van der Waals surface area contributed by atoms with Crippen molar-refractivity contribution in [2.45, 2.75) is 50.8 Å². The molecule has 4 aliphatic heterocycles. The van der Waals surface area contributed by atoms with Crippen molar-refractivity contribution in [3.8, 4) is 0 Å². The number of hydrogen-bond donors (Lipinski definition) is 2. The molecule has 0 saturated carbocycles. The maximum Gasteiger partial charge on any atom is 0.250 e. The molecule has 0 bridgehead atoms. The van der Waals surface area contributed by atoms with Crippen molar-refractivity contribution < 1.29 is 19.1 Å². The summed E-state index contributed by atoms with van der Waals surface area (Å²) in [4.78, 5) is 41.8. The summed E-state index contributed by atoms with van der Waals surface area (Å²) in [7, 11) is 0. The van der Waals surface area contributed by atoms with Crippen LogP contribution in [0.25, 0.3) is 0 Å². The third kappa shape index (κ3) is 2.68. The standard InChI is InChI=1S/C22H26ClN3O4/c1-11(2)9-15-16-17(20(28)26(19(16)27)10-12-5-4-8-30-12)22(25-15)13-6-3-7-14(23)18(13)24-21(22)29/h3,6-7,11-12,15-17,25H,4-5,8-10H2,1-2H3,(H,24,29)/t12-,15-,16-,17+,22+/m0/s1. The number of benzene rings is 1. The summed E-state index contributed by atoms with van der Waals surface area (Å²) in [5.41, 5.74) is -0.0949. The molecule has 8 heteroatoms. The zero-order valence-corrected chi connectivity index (χ0v) is 17.9. The summed E-state index contributed by atoms with van der Waals surface area (Å²) in [6.45, 7) is 5.07. The molecule has 0 radical (unpaired) electrons. The van der Waals surface area contributed by atoms with E-state index >= 15 is 0 Å². The van der Waals surface area contributed by atoms with Gasteiger partial charge < -0.3 is 10.1 Å². The number of fused-ring (bicyclic) bond motifs is 4. The van der Waals surface area contributed by atoms with E-state index in [0.717, 1.165) is 12.8 Å². The van der Waals surface area contributed by atoms with Gasteiger partial charge in [0.1, 0.15) is 5.54 Å². The number of nitrogens with zero attached hydrogens (tertiary/aromatic N) is 1. The first-order valence-electron chi connectivity index (χ1n) is 10.7. The molecular weight excluding hydrogens is 406 g/mol. The highest BCUT2D eigenvalue weighted by atomic mass is 35.5. The van der Waals surface area contributed by atoms with Crippen molar-refractivity contribution in [2.75, 3.05) is 18.5 Å². The van der Waals surface area contributed by atoms with Gasteiger partial charge in [-0.25, -0.2) is 0 Å². The Bertz CT molecular complexity index is 929. The molecule has 2 N–H and O–H groups in total. The van der Waals surface area contributed by atoms with Gasteiger partial charge in [-0.05, 0) is 31.2 Å². The minimum atomic E-state index is -1.28. The number of ether oxygens (including phenoxy) is 1. The molecule has 30 heavy (non-hydrogen) atoms. The maximum atomic E-state index is 13.6. The Morgan fingerprint density at radius 2 is 2.07 bits per heavy atom. The average molecular weight is 432 g/mol. The second-order valence-corrected chi connectivity index (χ2v) is 9.64. The van der Waals surface area contributed by atoms with E-state index in [1.807, 2.05) is 6.07 Å². The van der Waals surface area contributed by atoms with Gasteiger partial charge in [-0.1, -0.05) is 37.6 Å². The fraction of sp³-hybridized carbons (Fsp3) is 0.591. The third-order valence-corrected chi connectivity index (χ3v) is 7.24. The minimum Gasteiger partial charge on any atom is -0.376 e. The number of nitrogens with one attached hydrogen (secondary N) is 2. The molecule has 7 nitrogen and oxygen atoms in total. The summed E-state index contributed by atoms with van der Waals surface area (Å²) in [5.74, 6) is -1.85. The number of carbonyl (C=O) groups excluding carboxylic acids is 3. The average Bonchev–Trinajstić information content (AvgIpc) is 3.42. The predicted molar refractivity (Wildman–Crippen MR) is 111 cm³/mol. The highest BCUT2D eigenvalue weighted by Crippen LogP contribution is 2.54. The fourth-order valence-electron chi connectivity index (χ4n) is 5.74. The van der Waals surface area contributed by atoms with Crippen LogP contribution in [0.1, 0.15) is 38.7 Å². The Morgan fingerprint density at radius 3 is 2.77 bits per heavy atom. The first kappa shape index (κ1) is 20.0. The highest BCUT2D eigenvalue weighted by molar-refractivity contribution is 6.35. The fourth-order valence-corrected chi connectivity index (χ4v) is 5.96. The molecule has 4 aliphatic rings. The Balaban J connectivity index is 1.59. The van der Waals surface area contributed by atoms with Gasteiger partial charge in [-0.15, -0.1) is 0 Å². The van der Waals surface area contributed by atoms with Gasteiger partial charge in [-0.2, -0.15) is 0 Å². The molecule has 3 amide bonds. The van der Waals surface area contributed by atoms with E-state index in [4.69, 9.17) is 16.3 Å². The Labute approximate surface area is 180 Å². The van der Waals surface area contributed by atoms with Crippen molar-refractivity contribution in [3.63, 3.8) is 0 Å². The van der Waals surface area contributed by atoms with Crippen LogP contribution in [-0.2, 0) is 24.7 Å². The highest BCUT2D eigenvalue weighted by Gasteiger charge is 2.70. The number of hydrogen-bond acceptors (Lipinski definition) is 5. The van der Waals surface area contributed by atoms with E-state index in [0.29, 0.717) is 35.2 Å². The van der Waals surface area contributed by atoms with Gasteiger partial charge >= 0.3 is 0 Å². The SMILES string of the molecule is CC(C)C[C@@H]1N[C@@]2(C(=O)Nc3c(Cl)cccc32)[C@H]2C(=O)N(C[C@@H]3CCCO3)C(=O)[C@@H]12. The van der Waals surface area contributed by atoms with Crippen molar-refractivity contribution in [2.24, 2.45) is 17.8 Å². The number of carbonyl (C=O) groups is 3. The van der Waals surface area contributed by atoms with E-state index < -0.39 is 17.4 Å². The zero-order valence-electron chi connectivity index (χ0n) is 17.1. The summed E-state index contributed by atoms with van der Waals surface area (Å²) in [6, 6.07) is 5.04. The number of anilines is 1. The monoisotopic (exact) mass is 431 g/mol. The lowest BCUT2D eigenvalue weighted by Crippen LogP contribution is -2.53. The van der Waals surface area contributed by atoms with Gasteiger partial charge in [0, 0.05) is 18.2 Å². The van der Waals surface area contributed by atoms with Crippen LogP contribution in [0.4, 0.5) is 5.69 Å². The van der Waals surface area contributed by atoms with Crippen LogP contribution in [0.15, 0.2) is 18.2 Å². The number of halogens is 1. The van der Waals surface area contributed by atoms with E-state index in [-0.39, 0.29) is 36.4 Å². The molecule has 3 saturated heterocycles. The van der Waals surface area contributed by atoms with Gasteiger partial charge in [0.15, 0.2) is 0 Å². The van der Waals surface area contributed by atoms with Crippen LogP contribution in [0.5, 0.6) is 0 Å². The van der Waals surface area contributed by atoms with Crippen LogP contribution in [0.3, 0.4) is 0 Å². The predicted octanol–water partition coefficient (Wildman–Crippen LogP) is 2.29. The second kappa shape index (κ2) is 7.04. The molecule has 1 aromatic rings. The molecule has 4 heterocycles. The summed E-state index contributed by atoms with van der Waals surface area (Å²) in [5, 5.41) is 6.73. The van der Waals surface area contributed by atoms with Gasteiger partial charge in [0.05, 0.1) is 35.2 Å². The molecule has 0 unspecified atom stereocenters. The van der Waals surface area contributed by atoms with Crippen molar-refractivity contribution in [1.29, 1.82) is 0 Å². The summed E-state index contributed by atoms with van der Waals surface area (Å²) in [6.07, 6.45) is 2.34. The Kier molecular flexibility index (Phi) is 4.69. The maximum absolute atomic E-state index is 13.6. The zero-order chi connectivity index (χ0) is 21.2. The van der Waals surface area contributed by atoms with Gasteiger partial charge in [0.25, 0.3) is 0 Å². The molecule has 1 aromatic carbocycles. The molecule has 0 aliphatic carbocycles. The number of likely N-dealkylation sites (tertiary alicyclic amines) is 1. The molecule has 5 atom stereocenters. The van der Waals surface area contributed by atoms with Crippen LogP contribution >= 0.6 is 11.6 Å². The molecule has 3 fully saturated rings. The van der Waals surface area contributed by atoms with Crippen LogP contribution in [0.2, 0.25) is 5.02 Å². The number of para-hydroxylation sites is 1. The molecule has 1 spiro atoms. The van der Waals surface area contributed by atoms with E-state index in [1.54, 1.807) is 12.1 Å². The van der Waals surface area contributed by atoms with E-state index in [1.165, 1.54) is 4.90 Å². The molecule has 0 aromatic heterocycles. The van der Waals surface area contributed by atoms with Crippen molar-refractivity contribution in [1.82, 2.24) is 10.2 Å². The van der Waals surface area contributed by atoms with Crippen molar-refractivity contribution >= 4 is 35.0 Å². The summed E-state index contributed by atoms with van der Waals surface area (Å²) < 4.78 is 5.68. The van der Waals surface area contributed by atoms with Crippen LogP contribution in [-0.4, -0.2) is 47.9 Å². The lowest BCUT2D eigenvalue weighted by Gasteiger charge is -2.30. The third-order valence-electron chi connectivity index (χ3n) is 6.93. The molecular formula is C22H26ClN3O4. The number of amides is 3. The normalized spacial score (nSPS) is 34.9. The van der Waals surface area contributed by atoms with Crippen molar-refractivity contribution in [3.05, 3.63) is 28.8 Å². The first-order valence-corrected chi connectivity index (χ1v) is 11.1. The largest absolute Gasteiger partial charge is 0.376 e. The van der Waals surface area contributed by atoms with Gasteiger partial charge in [-0.3, -0.25) is 24.6 Å².